The van der Waals surface area contributed by atoms with Crippen molar-refractivity contribution in [3.63, 3.8) is 0 Å². The Hall–Kier alpha value is -0.720. The lowest BCUT2D eigenvalue weighted by Crippen LogP contribution is -2.50. The number of carbonyl (C=O) groups excluding carboxylic acids is 1. The predicted molar refractivity (Wildman–Crippen MR) is 65.6 cm³/mol. The Morgan fingerprint density at radius 2 is 2.06 bits per heavy atom. The van der Waals surface area contributed by atoms with Crippen LogP contribution in [0.15, 0.2) is 0 Å². The molecule has 0 aromatic rings. The third kappa shape index (κ3) is 3.18. The maximum atomic E-state index is 14.0. The number of nitrogens with one attached hydrogen (secondary N) is 2. The van der Waals surface area contributed by atoms with Crippen LogP contribution in [0.2, 0.25) is 0 Å². The van der Waals surface area contributed by atoms with Crippen LogP contribution in [0.4, 0.5) is 4.39 Å². The zero-order valence-corrected chi connectivity index (χ0v) is 11.0. The highest BCUT2D eigenvalue weighted by atomic mass is 19.1. The molecule has 2 rings (SSSR count). The van der Waals surface area contributed by atoms with Gasteiger partial charge in [-0.05, 0) is 20.3 Å². The van der Waals surface area contributed by atoms with Crippen molar-refractivity contribution in [2.24, 2.45) is 5.92 Å². The summed E-state index contributed by atoms with van der Waals surface area (Å²) in [5.41, 5.74) is 5.84. The molecule has 0 aromatic carbocycles. The van der Waals surface area contributed by atoms with Gasteiger partial charge in [0.1, 0.15) is 6.17 Å². The number of hydrogen-bond donors (Lipinski definition) is 2. The van der Waals surface area contributed by atoms with Gasteiger partial charge < -0.3 is 9.64 Å². The molecule has 2 fully saturated rings. The molecule has 2 aliphatic rings. The van der Waals surface area contributed by atoms with Crippen LogP contribution >= 0.6 is 0 Å². The van der Waals surface area contributed by atoms with Crippen LogP contribution < -0.4 is 10.9 Å². The number of likely N-dealkylation sites (tertiary alicyclic amines) is 1. The molecule has 0 saturated carbocycles. The number of alkyl halides is 1. The standard InChI is InChI=1S/C12H22FN3O2/c1-8(2)18-11-3-4-16(7-10(11)13)12(17)9-5-14-15-6-9/h8-11,14-15H,3-7H2,1-2H3/t10-,11+/m1/s1. The fraction of sp³-hybridized carbons (Fsp3) is 0.917. The molecule has 18 heavy (non-hydrogen) atoms. The van der Waals surface area contributed by atoms with Gasteiger partial charge in [-0.25, -0.2) is 4.39 Å². The van der Waals surface area contributed by atoms with Gasteiger partial charge in [0.05, 0.1) is 24.7 Å². The van der Waals surface area contributed by atoms with Crippen LogP contribution in [0.25, 0.3) is 0 Å². The lowest BCUT2D eigenvalue weighted by Gasteiger charge is -2.36. The summed E-state index contributed by atoms with van der Waals surface area (Å²) >= 11 is 0. The van der Waals surface area contributed by atoms with E-state index in [1.54, 1.807) is 4.90 Å². The number of hydrazine groups is 1. The summed E-state index contributed by atoms with van der Waals surface area (Å²) in [5, 5.41) is 0. The summed E-state index contributed by atoms with van der Waals surface area (Å²) in [7, 11) is 0. The minimum Gasteiger partial charge on any atom is -0.372 e. The van der Waals surface area contributed by atoms with Gasteiger partial charge >= 0.3 is 0 Å². The Bertz CT molecular complexity index is 295. The van der Waals surface area contributed by atoms with Gasteiger partial charge in [-0.2, -0.15) is 0 Å². The first-order valence-corrected chi connectivity index (χ1v) is 6.62. The maximum Gasteiger partial charge on any atom is 0.228 e. The summed E-state index contributed by atoms with van der Waals surface area (Å²) in [6.45, 7) is 5.80. The van der Waals surface area contributed by atoms with E-state index in [9.17, 15) is 9.18 Å². The summed E-state index contributed by atoms with van der Waals surface area (Å²) in [6, 6.07) is 0. The Morgan fingerprint density at radius 3 is 2.61 bits per heavy atom. The number of halogens is 1. The number of piperidine rings is 1. The van der Waals surface area contributed by atoms with Gasteiger partial charge in [0.2, 0.25) is 5.91 Å². The van der Waals surface area contributed by atoms with E-state index >= 15 is 0 Å². The lowest BCUT2D eigenvalue weighted by atomic mass is 10.0. The molecule has 2 heterocycles. The number of amides is 1. The minimum atomic E-state index is -1.08. The van der Waals surface area contributed by atoms with Crippen molar-refractivity contribution in [1.82, 2.24) is 15.8 Å². The highest BCUT2D eigenvalue weighted by molar-refractivity contribution is 5.79. The van der Waals surface area contributed by atoms with Crippen molar-refractivity contribution in [2.75, 3.05) is 26.2 Å². The lowest BCUT2D eigenvalue weighted by molar-refractivity contribution is -0.141. The molecular formula is C12H22FN3O2. The molecule has 1 amide bonds. The fourth-order valence-corrected chi connectivity index (χ4v) is 2.48. The van der Waals surface area contributed by atoms with E-state index < -0.39 is 6.17 Å². The Balaban J connectivity index is 1.85. The molecule has 5 nitrogen and oxygen atoms in total. The van der Waals surface area contributed by atoms with Crippen LogP contribution in [-0.4, -0.2) is 55.4 Å². The first kappa shape index (κ1) is 13.7. The number of nitrogens with zero attached hydrogens (tertiary/aromatic N) is 1. The quantitative estimate of drug-likeness (QED) is 0.753. The third-order valence-electron chi connectivity index (χ3n) is 3.41. The van der Waals surface area contributed by atoms with Crippen LogP contribution in [-0.2, 0) is 9.53 Å². The van der Waals surface area contributed by atoms with E-state index in [1.165, 1.54) is 0 Å². The zero-order chi connectivity index (χ0) is 13.1. The SMILES string of the molecule is CC(C)O[C@H]1CCN(C(=O)C2CNNC2)C[C@H]1F. The molecule has 0 aromatic heterocycles. The average molecular weight is 259 g/mol. The van der Waals surface area contributed by atoms with Gasteiger partial charge in [-0.15, -0.1) is 0 Å². The average Bonchev–Trinajstić information content (AvgIpc) is 2.84. The molecule has 0 aliphatic carbocycles. The summed E-state index contributed by atoms with van der Waals surface area (Å²) in [6.07, 6.45) is -0.835. The maximum absolute atomic E-state index is 14.0. The van der Waals surface area contributed by atoms with Gasteiger partial charge in [0.25, 0.3) is 0 Å². The van der Waals surface area contributed by atoms with Crippen molar-refractivity contribution in [3.05, 3.63) is 0 Å². The van der Waals surface area contributed by atoms with E-state index in [0.29, 0.717) is 26.1 Å². The molecule has 2 N–H and O–H groups in total. The van der Waals surface area contributed by atoms with Crippen molar-refractivity contribution < 1.29 is 13.9 Å². The van der Waals surface area contributed by atoms with Crippen molar-refractivity contribution in [3.8, 4) is 0 Å². The molecular weight excluding hydrogens is 237 g/mol. The molecule has 0 radical (unpaired) electrons. The molecule has 2 saturated heterocycles. The topological polar surface area (TPSA) is 53.6 Å². The number of rotatable bonds is 3. The highest BCUT2D eigenvalue weighted by Crippen LogP contribution is 2.20. The largest absolute Gasteiger partial charge is 0.372 e. The number of hydrogen-bond acceptors (Lipinski definition) is 4. The third-order valence-corrected chi connectivity index (χ3v) is 3.41. The zero-order valence-electron chi connectivity index (χ0n) is 11.0. The molecule has 0 spiro atoms. The molecule has 0 unspecified atom stereocenters. The van der Waals surface area contributed by atoms with Crippen LogP contribution in [0, 0.1) is 5.92 Å². The fourth-order valence-electron chi connectivity index (χ4n) is 2.48. The molecule has 6 heteroatoms. The second kappa shape index (κ2) is 5.95. The van der Waals surface area contributed by atoms with Gasteiger partial charge in [-0.3, -0.25) is 15.6 Å². The second-order valence-electron chi connectivity index (χ2n) is 5.27. The summed E-state index contributed by atoms with van der Waals surface area (Å²) in [5.74, 6) is -0.0297. The second-order valence-corrected chi connectivity index (χ2v) is 5.27. The first-order valence-electron chi connectivity index (χ1n) is 6.62. The first-order chi connectivity index (χ1) is 8.58. The van der Waals surface area contributed by atoms with Crippen molar-refractivity contribution >= 4 is 5.91 Å². The van der Waals surface area contributed by atoms with E-state index in [1.807, 2.05) is 13.8 Å². The molecule has 2 atom stereocenters. The number of ether oxygens (including phenoxy) is 1. The van der Waals surface area contributed by atoms with Crippen LogP contribution in [0.1, 0.15) is 20.3 Å². The molecule has 2 aliphatic heterocycles. The van der Waals surface area contributed by atoms with Crippen molar-refractivity contribution in [1.29, 1.82) is 0 Å². The van der Waals surface area contributed by atoms with Crippen molar-refractivity contribution in [2.45, 2.75) is 38.6 Å². The highest BCUT2D eigenvalue weighted by Gasteiger charge is 2.35. The predicted octanol–water partition coefficient (Wildman–Crippen LogP) is 0.0744. The number of carbonyl (C=O) groups is 1. The van der Waals surface area contributed by atoms with Gasteiger partial charge in [0.15, 0.2) is 0 Å². The van der Waals surface area contributed by atoms with E-state index in [-0.39, 0.29) is 30.6 Å². The monoisotopic (exact) mass is 259 g/mol. The summed E-state index contributed by atoms with van der Waals surface area (Å²) < 4.78 is 19.5. The van der Waals surface area contributed by atoms with Gasteiger partial charge in [-0.1, -0.05) is 0 Å². The van der Waals surface area contributed by atoms with Crippen LogP contribution in [0.3, 0.4) is 0 Å². The van der Waals surface area contributed by atoms with Crippen LogP contribution in [0.5, 0.6) is 0 Å². The van der Waals surface area contributed by atoms with Gasteiger partial charge in [0, 0.05) is 19.6 Å². The smallest absolute Gasteiger partial charge is 0.228 e. The Kier molecular flexibility index (Phi) is 4.53. The summed E-state index contributed by atoms with van der Waals surface area (Å²) in [4.78, 5) is 13.7. The van der Waals surface area contributed by atoms with E-state index in [4.69, 9.17) is 4.74 Å². The minimum absolute atomic E-state index is 0.0266. The van der Waals surface area contributed by atoms with E-state index in [0.717, 1.165) is 0 Å². The Morgan fingerprint density at radius 1 is 1.39 bits per heavy atom. The molecule has 104 valence electrons. The normalized spacial score (nSPS) is 30.1. The Labute approximate surface area is 107 Å². The molecule has 0 bridgehead atoms. The van der Waals surface area contributed by atoms with E-state index in [2.05, 4.69) is 10.9 Å².